The summed E-state index contributed by atoms with van der Waals surface area (Å²) in [5, 5.41) is 2.72. The van der Waals surface area contributed by atoms with Gasteiger partial charge in [0.1, 0.15) is 17.1 Å². The van der Waals surface area contributed by atoms with Gasteiger partial charge in [-0.2, -0.15) is 13.2 Å². The third-order valence-electron chi connectivity index (χ3n) is 5.58. The topological polar surface area (TPSA) is 66.0 Å². The highest BCUT2D eigenvalue weighted by Gasteiger charge is 2.30. The number of hydroxylamine groups is 1. The summed E-state index contributed by atoms with van der Waals surface area (Å²) >= 11 is 1.49. The molecule has 4 aromatic rings. The van der Waals surface area contributed by atoms with Gasteiger partial charge in [0.25, 0.3) is 0 Å². The summed E-state index contributed by atoms with van der Waals surface area (Å²) < 4.78 is 55.5. The van der Waals surface area contributed by atoms with Crippen molar-refractivity contribution in [2.75, 3.05) is 14.2 Å². The zero-order valence-corrected chi connectivity index (χ0v) is 21.8. The van der Waals surface area contributed by atoms with Crippen molar-refractivity contribution in [2.24, 2.45) is 0 Å². The number of nitrogens with one attached hydrogen (secondary N) is 1. The van der Waals surface area contributed by atoms with Crippen molar-refractivity contribution < 1.29 is 37.0 Å². The molecule has 0 aliphatic heterocycles. The fourth-order valence-electron chi connectivity index (χ4n) is 3.71. The van der Waals surface area contributed by atoms with Crippen LogP contribution < -0.4 is 10.2 Å². The third-order valence-corrected chi connectivity index (χ3v) is 6.55. The minimum absolute atomic E-state index is 0.0655. The smallest absolute Gasteiger partial charge is 0.416 e. The minimum Gasteiger partial charge on any atom is -0.503 e. The van der Waals surface area contributed by atoms with Gasteiger partial charge >= 0.3 is 12.1 Å². The SMILES string of the molecule is C=C(NOCc1ccc2scc(C(=COC)C(=O)OC)c2c1)c1cccc(Oc2cccc(C(F)(F)F)c2)c1. The third kappa shape index (κ3) is 6.78. The number of esters is 1. The lowest BCUT2D eigenvalue weighted by atomic mass is 10.0. The zero-order valence-electron chi connectivity index (χ0n) is 21.0. The molecule has 4 rings (SSSR count). The van der Waals surface area contributed by atoms with Crippen molar-refractivity contribution in [3.05, 3.63) is 107 Å². The average molecular weight is 556 g/mol. The maximum absolute atomic E-state index is 13.0. The summed E-state index contributed by atoms with van der Waals surface area (Å²) in [5.74, 6) is -0.0955. The highest BCUT2D eigenvalue weighted by Crippen LogP contribution is 2.34. The molecule has 0 unspecified atom stereocenters. The Balaban J connectivity index is 1.41. The van der Waals surface area contributed by atoms with Crippen LogP contribution in [0.15, 0.2) is 85.0 Å². The predicted molar refractivity (Wildman–Crippen MR) is 144 cm³/mol. The lowest BCUT2D eigenvalue weighted by Crippen LogP contribution is -2.12. The summed E-state index contributed by atoms with van der Waals surface area (Å²) in [4.78, 5) is 17.9. The number of methoxy groups -OCH3 is 2. The summed E-state index contributed by atoms with van der Waals surface area (Å²) in [5.41, 5.74) is 4.90. The van der Waals surface area contributed by atoms with Gasteiger partial charge in [-0.1, -0.05) is 30.8 Å². The number of ether oxygens (including phenoxy) is 3. The van der Waals surface area contributed by atoms with E-state index in [1.165, 1.54) is 44.0 Å². The van der Waals surface area contributed by atoms with Crippen molar-refractivity contribution >= 4 is 38.7 Å². The van der Waals surface area contributed by atoms with E-state index in [2.05, 4.69) is 12.1 Å². The van der Waals surface area contributed by atoms with Crippen molar-refractivity contribution in [3.63, 3.8) is 0 Å². The number of alkyl halides is 3. The highest BCUT2D eigenvalue weighted by molar-refractivity contribution is 7.17. The number of fused-ring (bicyclic) bond motifs is 1. The van der Waals surface area contributed by atoms with Gasteiger partial charge < -0.3 is 14.2 Å². The summed E-state index contributed by atoms with van der Waals surface area (Å²) in [7, 11) is 2.77. The first-order valence-electron chi connectivity index (χ1n) is 11.5. The zero-order chi connectivity index (χ0) is 28.0. The number of carbonyl (C=O) groups excluding carboxylic acids is 1. The standard InChI is InChI=1S/C29H24F3NO5S/c1-18(20-6-4-8-22(13-20)38-23-9-5-7-21(14-23)29(30,31)32)33-37-15-19-10-11-27-24(12-19)26(17-39-27)25(16-35-2)28(34)36-3/h4-14,16-17,33H,1,15H2,2-3H3. The Kier molecular flexibility index (Phi) is 8.58. The molecule has 1 N–H and O–H groups in total. The van der Waals surface area contributed by atoms with Gasteiger partial charge in [-0.15, -0.1) is 11.3 Å². The Labute approximate surface area is 226 Å². The largest absolute Gasteiger partial charge is 0.503 e. The molecule has 10 heteroatoms. The van der Waals surface area contributed by atoms with E-state index in [4.69, 9.17) is 19.0 Å². The molecule has 0 spiro atoms. The normalized spacial score (nSPS) is 11.8. The quantitative estimate of drug-likeness (QED) is 0.0943. The molecule has 0 aliphatic carbocycles. The molecule has 1 aromatic heterocycles. The van der Waals surface area contributed by atoms with Crippen molar-refractivity contribution in [2.45, 2.75) is 12.8 Å². The molecule has 0 atom stereocenters. The van der Waals surface area contributed by atoms with Crippen LogP contribution in [0.1, 0.15) is 22.3 Å². The van der Waals surface area contributed by atoms with E-state index >= 15 is 0 Å². The second kappa shape index (κ2) is 12.1. The first kappa shape index (κ1) is 27.7. The number of hydrogen-bond acceptors (Lipinski definition) is 7. The van der Waals surface area contributed by atoms with E-state index in [1.807, 2.05) is 23.6 Å². The average Bonchev–Trinajstić information content (AvgIpc) is 3.34. The molecule has 0 aliphatic rings. The summed E-state index contributed by atoms with van der Waals surface area (Å²) in [6, 6.07) is 17.2. The van der Waals surface area contributed by atoms with E-state index in [9.17, 15) is 18.0 Å². The Morgan fingerprint density at radius 2 is 1.77 bits per heavy atom. The molecule has 0 fully saturated rings. The van der Waals surface area contributed by atoms with Crippen LogP contribution >= 0.6 is 11.3 Å². The van der Waals surface area contributed by atoms with E-state index in [0.717, 1.165) is 27.8 Å². The molecular formula is C29H24F3NO5S. The molecule has 0 saturated carbocycles. The lowest BCUT2D eigenvalue weighted by Gasteiger charge is -2.13. The highest BCUT2D eigenvalue weighted by atomic mass is 32.1. The number of thiophene rings is 1. The predicted octanol–water partition coefficient (Wildman–Crippen LogP) is 7.56. The molecule has 0 amide bonds. The molecule has 0 radical (unpaired) electrons. The van der Waals surface area contributed by atoms with Crippen molar-refractivity contribution in [3.8, 4) is 11.5 Å². The fourth-order valence-corrected chi connectivity index (χ4v) is 4.65. The number of benzene rings is 3. The number of halogens is 3. The second-order valence-electron chi connectivity index (χ2n) is 8.26. The summed E-state index contributed by atoms with van der Waals surface area (Å²) in [6.07, 6.45) is -3.11. The van der Waals surface area contributed by atoms with Gasteiger partial charge in [0.15, 0.2) is 0 Å². The van der Waals surface area contributed by atoms with Gasteiger partial charge in [0.05, 0.1) is 38.3 Å². The molecule has 202 valence electrons. The van der Waals surface area contributed by atoms with Crippen LogP contribution in [0.5, 0.6) is 11.5 Å². The molecule has 0 bridgehead atoms. The van der Waals surface area contributed by atoms with Gasteiger partial charge in [-0.05, 0) is 48.0 Å². The van der Waals surface area contributed by atoms with Crippen LogP contribution in [0.25, 0.3) is 21.4 Å². The van der Waals surface area contributed by atoms with E-state index in [1.54, 1.807) is 24.3 Å². The van der Waals surface area contributed by atoms with Crippen LogP contribution in [0, 0.1) is 0 Å². The second-order valence-corrected chi connectivity index (χ2v) is 9.17. The van der Waals surface area contributed by atoms with Gasteiger partial charge in [0, 0.05) is 26.6 Å². The Hall–Kier alpha value is -4.28. The van der Waals surface area contributed by atoms with Crippen LogP contribution in [-0.2, 0) is 31.9 Å². The van der Waals surface area contributed by atoms with Crippen molar-refractivity contribution in [1.29, 1.82) is 0 Å². The van der Waals surface area contributed by atoms with Crippen LogP contribution in [-0.4, -0.2) is 20.2 Å². The number of hydrogen-bond donors (Lipinski definition) is 1. The first-order valence-corrected chi connectivity index (χ1v) is 12.4. The molecular weight excluding hydrogens is 531 g/mol. The van der Waals surface area contributed by atoms with Crippen LogP contribution in [0.4, 0.5) is 13.2 Å². The Morgan fingerprint density at radius 1 is 1.03 bits per heavy atom. The maximum atomic E-state index is 13.0. The minimum atomic E-state index is -4.46. The van der Waals surface area contributed by atoms with Gasteiger partial charge in [-0.3, -0.25) is 10.3 Å². The number of carbonyl (C=O) groups is 1. The fraction of sp³-hybridized carbons (Fsp3) is 0.138. The first-order chi connectivity index (χ1) is 18.7. The molecule has 39 heavy (non-hydrogen) atoms. The van der Waals surface area contributed by atoms with Crippen LogP contribution in [0.3, 0.4) is 0 Å². The van der Waals surface area contributed by atoms with E-state index in [0.29, 0.717) is 28.1 Å². The van der Waals surface area contributed by atoms with Crippen LogP contribution in [0.2, 0.25) is 0 Å². The molecule has 6 nitrogen and oxygen atoms in total. The van der Waals surface area contributed by atoms with Crippen molar-refractivity contribution in [1.82, 2.24) is 5.48 Å². The molecule has 0 saturated heterocycles. The maximum Gasteiger partial charge on any atom is 0.416 e. The molecule has 1 heterocycles. The van der Waals surface area contributed by atoms with Gasteiger partial charge in [-0.25, -0.2) is 4.79 Å². The summed E-state index contributed by atoms with van der Waals surface area (Å²) in [6.45, 7) is 4.15. The number of rotatable bonds is 10. The Morgan fingerprint density at radius 3 is 2.49 bits per heavy atom. The van der Waals surface area contributed by atoms with Gasteiger partial charge in [0.2, 0.25) is 0 Å². The Bertz CT molecular complexity index is 1530. The van der Waals surface area contributed by atoms with E-state index in [-0.39, 0.29) is 12.4 Å². The van der Waals surface area contributed by atoms with E-state index < -0.39 is 17.7 Å². The molecule has 3 aromatic carbocycles. The monoisotopic (exact) mass is 555 g/mol. The lowest BCUT2D eigenvalue weighted by molar-refractivity contribution is -0.137.